The number of hydrogen-bond donors (Lipinski definition) is 0. The fourth-order valence-corrected chi connectivity index (χ4v) is 2.66. The van der Waals surface area contributed by atoms with E-state index >= 15 is 0 Å². The van der Waals surface area contributed by atoms with Crippen LogP contribution in [0.2, 0.25) is 0 Å². The van der Waals surface area contributed by atoms with Crippen molar-refractivity contribution < 1.29 is 4.79 Å². The molecule has 0 saturated carbocycles. The molecular weight excluding hydrogens is 260 g/mol. The van der Waals surface area contributed by atoms with E-state index in [1.54, 1.807) is 6.20 Å². The third-order valence-corrected chi connectivity index (χ3v) is 3.66. The van der Waals surface area contributed by atoms with Gasteiger partial charge in [-0.3, -0.25) is 4.79 Å². The van der Waals surface area contributed by atoms with Crippen LogP contribution in [0.15, 0.2) is 73.1 Å². The molecule has 2 aromatic heterocycles. The molecule has 4 rings (SSSR count). The predicted molar refractivity (Wildman–Crippen MR) is 82.6 cm³/mol. The molecule has 0 aliphatic rings. The summed E-state index contributed by atoms with van der Waals surface area (Å²) in [6.07, 6.45) is 3.56. The summed E-state index contributed by atoms with van der Waals surface area (Å²) in [5.74, 6) is -0.0518. The van der Waals surface area contributed by atoms with Crippen molar-refractivity contribution in [1.29, 1.82) is 0 Å². The lowest BCUT2D eigenvalue weighted by Crippen LogP contribution is -2.06. The zero-order chi connectivity index (χ0) is 14.2. The van der Waals surface area contributed by atoms with E-state index in [1.807, 2.05) is 71.3 Å². The maximum absolute atomic E-state index is 12.7. The Kier molecular flexibility index (Phi) is 2.57. The van der Waals surface area contributed by atoms with Gasteiger partial charge in [0.1, 0.15) is 5.69 Å². The van der Waals surface area contributed by atoms with Gasteiger partial charge in [0, 0.05) is 23.3 Å². The summed E-state index contributed by atoms with van der Waals surface area (Å²) in [4.78, 5) is 17.0. The molecule has 0 amide bonds. The highest BCUT2D eigenvalue weighted by atomic mass is 16.1. The van der Waals surface area contributed by atoms with E-state index in [0.29, 0.717) is 11.3 Å². The van der Waals surface area contributed by atoms with Crippen molar-refractivity contribution in [3.63, 3.8) is 0 Å². The van der Waals surface area contributed by atoms with Gasteiger partial charge in [-0.25, -0.2) is 4.98 Å². The second-order valence-corrected chi connectivity index (χ2v) is 4.93. The fraction of sp³-hybridized carbons (Fsp3) is 0. The van der Waals surface area contributed by atoms with Gasteiger partial charge in [0.2, 0.25) is 5.78 Å². The second kappa shape index (κ2) is 4.56. The molecule has 4 aromatic rings. The van der Waals surface area contributed by atoms with Crippen LogP contribution in [0.25, 0.3) is 16.4 Å². The van der Waals surface area contributed by atoms with Gasteiger partial charge in [-0.1, -0.05) is 48.5 Å². The predicted octanol–water partition coefficient (Wildman–Crippen LogP) is 3.72. The fourth-order valence-electron chi connectivity index (χ4n) is 2.66. The van der Waals surface area contributed by atoms with Gasteiger partial charge in [0.15, 0.2) is 0 Å². The van der Waals surface area contributed by atoms with Crippen molar-refractivity contribution in [2.45, 2.75) is 0 Å². The van der Waals surface area contributed by atoms with Crippen molar-refractivity contribution >= 4 is 22.2 Å². The van der Waals surface area contributed by atoms with Gasteiger partial charge in [-0.15, -0.1) is 0 Å². The van der Waals surface area contributed by atoms with Crippen LogP contribution < -0.4 is 0 Å². The second-order valence-electron chi connectivity index (χ2n) is 4.93. The first-order valence-electron chi connectivity index (χ1n) is 6.79. The van der Waals surface area contributed by atoms with E-state index < -0.39 is 0 Å². The first-order chi connectivity index (χ1) is 10.3. The van der Waals surface area contributed by atoms with Crippen LogP contribution in [0.1, 0.15) is 16.1 Å². The number of para-hydroxylation sites is 1. The molecule has 0 bridgehead atoms. The quantitative estimate of drug-likeness (QED) is 0.521. The number of fused-ring (bicyclic) bond motifs is 3. The Morgan fingerprint density at radius 2 is 1.67 bits per heavy atom. The lowest BCUT2D eigenvalue weighted by Gasteiger charge is -2.03. The first-order valence-corrected chi connectivity index (χ1v) is 6.79. The zero-order valence-corrected chi connectivity index (χ0v) is 11.2. The number of carbonyl (C=O) groups excluding carboxylic acids is 1. The number of carbonyl (C=O) groups is 1. The van der Waals surface area contributed by atoms with E-state index in [0.717, 1.165) is 16.4 Å². The Morgan fingerprint density at radius 1 is 0.905 bits per heavy atom. The van der Waals surface area contributed by atoms with Crippen LogP contribution in [0.5, 0.6) is 0 Å². The Labute approximate surface area is 121 Å². The van der Waals surface area contributed by atoms with Crippen molar-refractivity contribution in [2.75, 3.05) is 0 Å². The summed E-state index contributed by atoms with van der Waals surface area (Å²) >= 11 is 0. The maximum atomic E-state index is 12.7. The van der Waals surface area contributed by atoms with E-state index in [4.69, 9.17) is 0 Å². The minimum atomic E-state index is -0.0518. The van der Waals surface area contributed by atoms with Crippen LogP contribution in [0.4, 0.5) is 0 Å². The van der Waals surface area contributed by atoms with E-state index in [1.165, 1.54) is 0 Å². The van der Waals surface area contributed by atoms with Crippen LogP contribution in [0.3, 0.4) is 0 Å². The number of nitrogens with zero attached hydrogens (tertiary/aromatic N) is 2. The van der Waals surface area contributed by atoms with Crippen molar-refractivity contribution in [1.82, 2.24) is 9.38 Å². The third kappa shape index (κ3) is 1.82. The molecule has 0 atom stereocenters. The Balaban J connectivity index is 1.99. The molecule has 0 aliphatic heterocycles. The number of hydrogen-bond acceptors (Lipinski definition) is 2. The average molecular weight is 272 g/mol. The van der Waals surface area contributed by atoms with E-state index in [2.05, 4.69) is 4.98 Å². The standard InChI is InChI=1S/C18H12N2O/c21-18(13-6-2-1-3-7-13)17-16-12-14-8-4-5-9-15(14)20(16)11-10-19-17/h1-12H. The lowest BCUT2D eigenvalue weighted by atomic mass is 10.1. The van der Waals surface area contributed by atoms with Gasteiger partial charge >= 0.3 is 0 Å². The normalized spacial score (nSPS) is 11.0. The van der Waals surface area contributed by atoms with Crippen LogP contribution >= 0.6 is 0 Å². The van der Waals surface area contributed by atoms with Gasteiger partial charge < -0.3 is 4.40 Å². The molecule has 2 aromatic carbocycles. The monoisotopic (exact) mass is 272 g/mol. The molecule has 2 heterocycles. The Morgan fingerprint density at radius 3 is 2.52 bits per heavy atom. The zero-order valence-electron chi connectivity index (χ0n) is 11.2. The number of aromatic nitrogens is 2. The summed E-state index contributed by atoms with van der Waals surface area (Å²) < 4.78 is 2.01. The highest BCUT2D eigenvalue weighted by Gasteiger charge is 2.15. The molecule has 0 radical (unpaired) electrons. The van der Waals surface area contributed by atoms with Crippen molar-refractivity contribution in [3.8, 4) is 0 Å². The minimum absolute atomic E-state index is 0.0518. The molecule has 3 nitrogen and oxygen atoms in total. The van der Waals surface area contributed by atoms with Gasteiger partial charge in [0.25, 0.3) is 0 Å². The van der Waals surface area contributed by atoms with Gasteiger partial charge in [-0.2, -0.15) is 0 Å². The summed E-state index contributed by atoms with van der Waals surface area (Å²) in [7, 11) is 0. The highest BCUT2D eigenvalue weighted by molar-refractivity contribution is 6.12. The molecule has 0 N–H and O–H groups in total. The first kappa shape index (κ1) is 11.9. The van der Waals surface area contributed by atoms with E-state index in [9.17, 15) is 4.79 Å². The summed E-state index contributed by atoms with van der Waals surface area (Å²) in [5, 5.41) is 1.10. The Bertz CT molecular complexity index is 955. The Hall–Kier alpha value is -2.94. The number of benzene rings is 2. The molecule has 0 unspecified atom stereocenters. The van der Waals surface area contributed by atoms with Crippen LogP contribution in [-0.2, 0) is 0 Å². The molecule has 0 saturated heterocycles. The molecule has 0 spiro atoms. The summed E-state index contributed by atoms with van der Waals surface area (Å²) in [5.41, 5.74) is 3.06. The van der Waals surface area contributed by atoms with E-state index in [-0.39, 0.29) is 5.78 Å². The molecule has 21 heavy (non-hydrogen) atoms. The number of ketones is 1. The number of rotatable bonds is 2. The van der Waals surface area contributed by atoms with Crippen molar-refractivity contribution in [2.24, 2.45) is 0 Å². The van der Waals surface area contributed by atoms with Crippen molar-refractivity contribution in [3.05, 3.63) is 84.3 Å². The van der Waals surface area contributed by atoms with Crippen LogP contribution in [0, 0.1) is 0 Å². The maximum Gasteiger partial charge on any atom is 0.213 e. The topological polar surface area (TPSA) is 34.4 Å². The average Bonchev–Trinajstić information content (AvgIpc) is 2.94. The lowest BCUT2D eigenvalue weighted by molar-refractivity contribution is 0.103. The highest BCUT2D eigenvalue weighted by Crippen LogP contribution is 2.22. The molecular formula is C18H12N2O. The van der Waals surface area contributed by atoms with Gasteiger partial charge in [-0.05, 0) is 12.1 Å². The molecule has 3 heteroatoms. The largest absolute Gasteiger partial charge is 0.313 e. The molecule has 100 valence electrons. The summed E-state index contributed by atoms with van der Waals surface area (Å²) in [6, 6.07) is 19.3. The molecule has 0 aliphatic carbocycles. The van der Waals surface area contributed by atoms with Gasteiger partial charge in [0.05, 0.1) is 11.0 Å². The van der Waals surface area contributed by atoms with Crippen LogP contribution in [-0.4, -0.2) is 15.2 Å². The smallest absolute Gasteiger partial charge is 0.213 e. The summed E-state index contributed by atoms with van der Waals surface area (Å²) in [6.45, 7) is 0. The minimum Gasteiger partial charge on any atom is -0.313 e. The SMILES string of the molecule is O=C(c1ccccc1)c1nccn2c1cc1ccccc12. The third-order valence-electron chi connectivity index (χ3n) is 3.66. The molecule has 0 fully saturated rings.